The van der Waals surface area contributed by atoms with Crippen LogP contribution in [0.4, 0.5) is 13.2 Å². The van der Waals surface area contributed by atoms with Crippen molar-refractivity contribution in [2.24, 2.45) is 0 Å². The van der Waals surface area contributed by atoms with E-state index in [9.17, 15) is 23.4 Å². The van der Waals surface area contributed by atoms with Gasteiger partial charge in [0, 0.05) is 18.0 Å². The third-order valence-corrected chi connectivity index (χ3v) is 2.31. The van der Waals surface area contributed by atoms with E-state index >= 15 is 0 Å². The van der Waals surface area contributed by atoms with E-state index in [2.05, 4.69) is 22.6 Å². The fourth-order valence-electron chi connectivity index (χ4n) is 1.15. The largest absolute Gasteiger partial charge is 0.451 e. The number of hydrogen-bond donors (Lipinski definition) is 3. The smallest absolute Gasteiger partial charge is 0.390 e. The predicted molar refractivity (Wildman–Crippen MR) is 56.5 cm³/mol. The van der Waals surface area contributed by atoms with Crippen molar-refractivity contribution in [3.63, 3.8) is 0 Å². The zero-order chi connectivity index (χ0) is 13.1. The topological polar surface area (TPSA) is 66.2 Å². The molecule has 0 spiro atoms. The van der Waals surface area contributed by atoms with Crippen LogP contribution < -0.4 is 0 Å². The molecule has 8 heteroatoms. The molecule has 0 radical (unpaired) electrons. The zero-order valence-electron chi connectivity index (χ0n) is 8.59. The number of thiol groups is 1. The quantitative estimate of drug-likeness (QED) is 0.718. The van der Waals surface area contributed by atoms with E-state index < -0.39 is 24.2 Å². The van der Waals surface area contributed by atoms with E-state index in [1.54, 1.807) is 0 Å². The maximum atomic E-state index is 12.2. The van der Waals surface area contributed by atoms with Crippen LogP contribution in [0.5, 0.6) is 0 Å². The van der Waals surface area contributed by atoms with Crippen molar-refractivity contribution in [2.75, 3.05) is 5.75 Å². The van der Waals surface area contributed by atoms with E-state index in [0.717, 1.165) is 12.4 Å². The highest BCUT2D eigenvalue weighted by molar-refractivity contribution is 7.80. The normalized spacial score (nSPS) is 15.6. The Morgan fingerprint density at radius 3 is 2.18 bits per heavy atom. The van der Waals surface area contributed by atoms with E-state index in [4.69, 9.17) is 0 Å². The van der Waals surface area contributed by atoms with Gasteiger partial charge in [-0.05, 0) is 12.2 Å². The van der Waals surface area contributed by atoms with E-state index in [-0.39, 0.29) is 12.0 Å². The van der Waals surface area contributed by atoms with Gasteiger partial charge in [-0.1, -0.05) is 0 Å². The minimum atomic E-state index is -4.62. The highest BCUT2D eigenvalue weighted by Crippen LogP contribution is 2.26. The monoisotopic (exact) mass is 268 g/mol. The molecule has 0 aliphatic carbocycles. The number of rotatable bonds is 4. The lowest BCUT2D eigenvalue weighted by Crippen LogP contribution is -2.20. The SMILES string of the molecule is OC(CCS)C(O)c1cnc(C(F)(F)F)nc1. The van der Waals surface area contributed by atoms with Crippen molar-refractivity contribution in [2.45, 2.75) is 24.8 Å². The lowest BCUT2D eigenvalue weighted by molar-refractivity contribution is -0.145. The van der Waals surface area contributed by atoms with Gasteiger partial charge < -0.3 is 10.2 Å². The van der Waals surface area contributed by atoms with Crippen LogP contribution in [0.2, 0.25) is 0 Å². The molecule has 0 saturated heterocycles. The molecule has 1 heterocycles. The number of hydrogen-bond acceptors (Lipinski definition) is 5. The van der Waals surface area contributed by atoms with Gasteiger partial charge in [0.1, 0.15) is 6.10 Å². The lowest BCUT2D eigenvalue weighted by Gasteiger charge is -2.16. The number of aliphatic hydroxyl groups excluding tert-OH is 2. The first-order valence-corrected chi connectivity index (χ1v) is 5.35. The Balaban J connectivity index is 2.80. The highest BCUT2D eigenvalue weighted by atomic mass is 32.1. The third-order valence-electron chi connectivity index (χ3n) is 2.06. The van der Waals surface area contributed by atoms with E-state index in [0.29, 0.717) is 5.75 Å². The molecule has 0 saturated carbocycles. The molecule has 1 aromatic heterocycles. The maximum Gasteiger partial charge on any atom is 0.451 e. The van der Waals surface area contributed by atoms with E-state index in [1.165, 1.54) is 0 Å². The van der Waals surface area contributed by atoms with Gasteiger partial charge in [0.25, 0.3) is 0 Å². The number of nitrogens with zero attached hydrogens (tertiary/aromatic N) is 2. The van der Waals surface area contributed by atoms with Crippen LogP contribution in [0, 0.1) is 0 Å². The summed E-state index contributed by atoms with van der Waals surface area (Å²) in [6.45, 7) is 0. The Labute approximate surface area is 101 Å². The molecule has 17 heavy (non-hydrogen) atoms. The summed E-state index contributed by atoms with van der Waals surface area (Å²) in [6, 6.07) is 0. The number of halogens is 3. The first-order valence-electron chi connectivity index (χ1n) is 4.72. The molecule has 0 fully saturated rings. The van der Waals surface area contributed by atoms with Gasteiger partial charge in [-0.25, -0.2) is 9.97 Å². The maximum absolute atomic E-state index is 12.2. The third kappa shape index (κ3) is 3.83. The molecular weight excluding hydrogens is 257 g/mol. The first kappa shape index (κ1) is 14.2. The van der Waals surface area contributed by atoms with Gasteiger partial charge in [0.15, 0.2) is 0 Å². The van der Waals surface area contributed by atoms with Crippen LogP contribution >= 0.6 is 12.6 Å². The Bertz CT molecular complexity index is 358. The van der Waals surface area contributed by atoms with Crippen LogP contribution in [0.15, 0.2) is 12.4 Å². The standard InChI is InChI=1S/C9H11F3N2O2S/c10-9(11,12)8-13-3-5(4-14-8)7(16)6(15)1-2-17/h3-4,6-7,15-17H,1-2H2. The molecule has 0 amide bonds. The van der Waals surface area contributed by atoms with Crippen molar-refractivity contribution in [1.29, 1.82) is 0 Å². The summed E-state index contributed by atoms with van der Waals surface area (Å²) in [5.41, 5.74) is 0.0345. The predicted octanol–water partition coefficient (Wildman–Crippen LogP) is 1.21. The molecule has 2 unspecified atom stereocenters. The van der Waals surface area contributed by atoms with Gasteiger partial charge in [0.05, 0.1) is 6.10 Å². The number of aromatic nitrogens is 2. The fourth-order valence-corrected chi connectivity index (χ4v) is 1.41. The van der Waals surface area contributed by atoms with Crippen LogP contribution in [0.3, 0.4) is 0 Å². The van der Waals surface area contributed by atoms with Crippen LogP contribution in [0.25, 0.3) is 0 Å². The second-order valence-electron chi connectivity index (χ2n) is 3.36. The van der Waals surface area contributed by atoms with Crippen molar-refractivity contribution in [3.8, 4) is 0 Å². The summed E-state index contributed by atoms with van der Waals surface area (Å²) in [7, 11) is 0. The molecule has 0 aromatic carbocycles. The molecule has 0 aliphatic rings. The van der Waals surface area contributed by atoms with Crippen molar-refractivity contribution >= 4 is 12.6 Å². The van der Waals surface area contributed by atoms with Gasteiger partial charge in [-0.3, -0.25) is 0 Å². The summed E-state index contributed by atoms with van der Waals surface area (Å²) in [5.74, 6) is -0.933. The summed E-state index contributed by atoms with van der Waals surface area (Å²) in [4.78, 5) is 6.17. The molecule has 1 rings (SSSR count). The Morgan fingerprint density at radius 1 is 1.24 bits per heavy atom. The molecule has 2 N–H and O–H groups in total. The molecule has 0 bridgehead atoms. The van der Waals surface area contributed by atoms with Crippen LogP contribution in [-0.4, -0.2) is 32.0 Å². The first-order chi connectivity index (χ1) is 7.86. The minimum absolute atomic E-state index is 0.0345. The second-order valence-corrected chi connectivity index (χ2v) is 3.81. The molecule has 0 aliphatic heterocycles. The lowest BCUT2D eigenvalue weighted by atomic mass is 10.1. The van der Waals surface area contributed by atoms with Gasteiger partial charge in [0.2, 0.25) is 5.82 Å². The minimum Gasteiger partial charge on any atom is -0.390 e. The second kappa shape index (κ2) is 5.65. The van der Waals surface area contributed by atoms with Gasteiger partial charge >= 0.3 is 6.18 Å². The van der Waals surface area contributed by atoms with Gasteiger partial charge in [-0.15, -0.1) is 0 Å². The van der Waals surface area contributed by atoms with Crippen molar-refractivity contribution in [1.82, 2.24) is 9.97 Å². The van der Waals surface area contributed by atoms with Crippen molar-refractivity contribution < 1.29 is 23.4 Å². The van der Waals surface area contributed by atoms with Crippen LogP contribution in [0.1, 0.15) is 23.9 Å². The molecule has 96 valence electrons. The summed E-state index contributed by atoms with van der Waals surface area (Å²) in [6.07, 6.45) is -5.12. The molecule has 4 nitrogen and oxygen atoms in total. The average Bonchev–Trinajstić information content (AvgIpc) is 2.27. The Morgan fingerprint density at radius 2 is 1.76 bits per heavy atom. The summed E-state index contributed by atoms with van der Waals surface area (Å²) in [5, 5.41) is 19.0. The fraction of sp³-hybridized carbons (Fsp3) is 0.556. The average molecular weight is 268 g/mol. The Kier molecular flexibility index (Phi) is 4.72. The number of alkyl halides is 3. The van der Waals surface area contributed by atoms with Crippen molar-refractivity contribution in [3.05, 3.63) is 23.8 Å². The Hall–Kier alpha value is -0.860. The molecular formula is C9H11F3N2O2S. The van der Waals surface area contributed by atoms with E-state index in [1.807, 2.05) is 0 Å². The van der Waals surface area contributed by atoms with Gasteiger partial charge in [-0.2, -0.15) is 25.8 Å². The summed E-state index contributed by atoms with van der Waals surface area (Å²) >= 11 is 3.87. The number of aliphatic hydroxyl groups is 2. The van der Waals surface area contributed by atoms with Crippen LogP contribution in [-0.2, 0) is 6.18 Å². The summed E-state index contributed by atoms with van der Waals surface area (Å²) < 4.78 is 36.5. The zero-order valence-corrected chi connectivity index (χ0v) is 9.49. The molecule has 1 aromatic rings. The highest BCUT2D eigenvalue weighted by Gasteiger charge is 2.34. The molecule has 2 atom stereocenters.